The fraction of sp³-hybridized carbons (Fsp3) is 0.438. The van der Waals surface area contributed by atoms with E-state index in [9.17, 15) is 14.4 Å². The summed E-state index contributed by atoms with van der Waals surface area (Å²) in [5.41, 5.74) is 1.18. The van der Waals surface area contributed by atoms with Gasteiger partial charge in [-0.3, -0.25) is 14.4 Å². The Balaban J connectivity index is 1.62. The molecule has 1 aromatic rings. The molecule has 1 fully saturated rings. The summed E-state index contributed by atoms with van der Waals surface area (Å²) >= 11 is 1.46. The summed E-state index contributed by atoms with van der Waals surface area (Å²) in [5.74, 6) is -0.897. The smallest absolute Gasteiger partial charge is 0.306 e. The predicted octanol–water partition coefficient (Wildman–Crippen LogP) is 2.10. The van der Waals surface area contributed by atoms with Crippen molar-refractivity contribution < 1.29 is 19.5 Å². The Morgan fingerprint density at radius 3 is 2.65 bits per heavy atom. The van der Waals surface area contributed by atoms with E-state index in [1.54, 1.807) is 12.1 Å². The van der Waals surface area contributed by atoms with Crippen molar-refractivity contribution in [1.29, 1.82) is 0 Å². The third kappa shape index (κ3) is 3.67. The second kappa shape index (κ2) is 6.62. The van der Waals surface area contributed by atoms with Crippen LogP contribution in [-0.2, 0) is 9.59 Å². The summed E-state index contributed by atoms with van der Waals surface area (Å²) in [4.78, 5) is 35.7. The first kappa shape index (κ1) is 15.9. The van der Waals surface area contributed by atoms with Gasteiger partial charge in [-0.1, -0.05) is 0 Å². The number of aliphatic carboxylic acids is 1. The van der Waals surface area contributed by atoms with Gasteiger partial charge in [0, 0.05) is 16.5 Å². The fourth-order valence-corrected chi connectivity index (χ4v) is 3.77. The summed E-state index contributed by atoms with van der Waals surface area (Å²) in [6, 6.07) is 5.30. The average Bonchev–Trinajstić information content (AvgIpc) is 2.54. The highest BCUT2D eigenvalue weighted by molar-refractivity contribution is 8.00. The number of nitrogens with one attached hydrogen (secondary N) is 2. The monoisotopic (exact) mass is 334 g/mol. The van der Waals surface area contributed by atoms with E-state index in [2.05, 4.69) is 10.6 Å². The number of hydrogen-bond acceptors (Lipinski definition) is 4. The molecular weight excluding hydrogens is 316 g/mol. The molecule has 3 rings (SSSR count). The van der Waals surface area contributed by atoms with Crippen LogP contribution in [-0.4, -0.2) is 34.7 Å². The lowest BCUT2D eigenvalue weighted by Crippen LogP contribution is -2.38. The van der Waals surface area contributed by atoms with Gasteiger partial charge in [0.15, 0.2) is 0 Å². The Labute approximate surface area is 138 Å². The normalized spacial score (nSPS) is 23.6. The van der Waals surface area contributed by atoms with E-state index in [1.165, 1.54) is 11.8 Å². The maximum absolute atomic E-state index is 12.3. The van der Waals surface area contributed by atoms with Gasteiger partial charge in [-0.25, -0.2) is 0 Å². The lowest BCUT2D eigenvalue weighted by Gasteiger charge is -2.27. The molecule has 0 aromatic heterocycles. The van der Waals surface area contributed by atoms with Gasteiger partial charge in [0.1, 0.15) is 0 Å². The molecule has 0 spiro atoms. The summed E-state index contributed by atoms with van der Waals surface area (Å²) in [7, 11) is 0. The highest BCUT2D eigenvalue weighted by atomic mass is 32.2. The molecule has 1 aliphatic heterocycles. The van der Waals surface area contributed by atoms with Gasteiger partial charge in [0.2, 0.25) is 5.91 Å². The van der Waals surface area contributed by atoms with Crippen molar-refractivity contribution in [2.24, 2.45) is 5.92 Å². The van der Waals surface area contributed by atoms with Crippen molar-refractivity contribution in [3.8, 4) is 0 Å². The van der Waals surface area contributed by atoms with Gasteiger partial charge in [-0.15, -0.1) is 11.8 Å². The van der Waals surface area contributed by atoms with Gasteiger partial charge >= 0.3 is 5.97 Å². The number of hydrogen-bond donors (Lipinski definition) is 3. The van der Waals surface area contributed by atoms with Crippen LogP contribution in [0.3, 0.4) is 0 Å². The maximum Gasteiger partial charge on any atom is 0.306 e. The van der Waals surface area contributed by atoms with Crippen LogP contribution in [0, 0.1) is 5.92 Å². The molecule has 0 saturated heterocycles. The number of anilines is 1. The van der Waals surface area contributed by atoms with Crippen LogP contribution < -0.4 is 10.6 Å². The van der Waals surface area contributed by atoms with Gasteiger partial charge in [0.05, 0.1) is 17.4 Å². The Hall–Kier alpha value is -2.02. The van der Waals surface area contributed by atoms with Crippen molar-refractivity contribution in [3.05, 3.63) is 23.8 Å². The summed E-state index contributed by atoms with van der Waals surface area (Å²) in [6.45, 7) is 0. The van der Waals surface area contributed by atoms with Gasteiger partial charge in [-0.05, 0) is 43.9 Å². The average molecular weight is 334 g/mol. The lowest BCUT2D eigenvalue weighted by molar-refractivity contribution is -0.142. The van der Waals surface area contributed by atoms with Crippen LogP contribution in [0.25, 0.3) is 0 Å². The van der Waals surface area contributed by atoms with Gasteiger partial charge < -0.3 is 15.7 Å². The zero-order chi connectivity index (χ0) is 16.4. The van der Waals surface area contributed by atoms with Gasteiger partial charge in [0.25, 0.3) is 5.91 Å². The lowest BCUT2D eigenvalue weighted by atomic mass is 9.86. The Morgan fingerprint density at radius 2 is 1.96 bits per heavy atom. The molecule has 1 aliphatic carbocycles. The van der Waals surface area contributed by atoms with E-state index >= 15 is 0 Å². The molecule has 6 nitrogen and oxygen atoms in total. The number of thioether (sulfide) groups is 1. The SMILES string of the molecule is O=C1CSc2ccc(C(=O)NC3CCC(C(=O)O)CC3)cc2N1. The molecule has 2 amide bonds. The number of rotatable bonds is 3. The van der Waals surface area contributed by atoms with Gasteiger partial charge in [-0.2, -0.15) is 0 Å². The minimum absolute atomic E-state index is 0.0121. The number of amides is 2. The zero-order valence-corrected chi connectivity index (χ0v) is 13.3. The minimum atomic E-state index is -0.752. The van der Waals surface area contributed by atoms with E-state index in [0.29, 0.717) is 42.7 Å². The van der Waals surface area contributed by atoms with Crippen LogP contribution >= 0.6 is 11.8 Å². The highest BCUT2D eigenvalue weighted by Crippen LogP contribution is 2.32. The van der Waals surface area contributed by atoms with Crippen molar-refractivity contribution in [2.75, 3.05) is 11.1 Å². The molecule has 0 atom stereocenters. The molecule has 1 heterocycles. The molecule has 0 bridgehead atoms. The van der Waals surface area contributed by atoms with Crippen molar-refractivity contribution >= 4 is 35.2 Å². The summed E-state index contributed by atoms with van der Waals surface area (Å²) in [6.07, 6.45) is 2.55. The van der Waals surface area contributed by atoms with Crippen LogP contribution in [0.15, 0.2) is 23.1 Å². The molecule has 122 valence electrons. The quantitative estimate of drug-likeness (QED) is 0.787. The van der Waals surface area contributed by atoms with Crippen molar-refractivity contribution in [2.45, 2.75) is 36.6 Å². The predicted molar refractivity (Wildman–Crippen MR) is 86.6 cm³/mol. The largest absolute Gasteiger partial charge is 0.481 e. The number of carbonyl (C=O) groups is 3. The molecule has 0 unspecified atom stereocenters. The Morgan fingerprint density at radius 1 is 1.22 bits per heavy atom. The maximum atomic E-state index is 12.3. The first-order chi connectivity index (χ1) is 11.0. The van der Waals surface area contributed by atoms with E-state index in [1.807, 2.05) is 6.07 Å². The molecule has 1 saturated carbocycles. The third-order valence-corrected chi connectivity index (χ3v) is 5.36. The number of carboxylic acid groups (broad SMARTS) is 1. The highest BCUT2D eigenvalue weighted by Gasteiger charge is 2.27. The van der Waals surface area contributed by atoms with Crippen LogP contribution in [0.5, 0.6) is 0 Å². The van der Waals surface area contributed by atoms with Crippen molar-refractivity contribution in [3.63, 3.8) is 0 Å². The number of benzene rings is 1. The molecule has 2 aliphatic rings. The molecule has 1 aromatic carbocycles. The second-order valence-corrected chi connectivity index (χ2v) is 6.93. The third-order valence-electron chi connectivity index (χ3n) is 4.29. The van der Waals surface area contributed by atoms with Crippen molar-refractivity contribution in [1.82, 2.24) is 5.32 Å². The molecule has 3 N–H and O–H groups in total. The van der Waals surface area contributed by atoms with Crippen LogP contribution in [0.4, 0.5) is 5.69 Å². The molecule has 7 heteroatoms. The summed E-state index contributed by atoms with van der Waals surface area (Å²) in [5, 5.41) is 14.7. The van der Waals surface area contributed by atoms with E-state index in [0.717, 1.165) is 4.90 Å². The van der Waals surface area contributed by atoms with E-state index < -0.39 is 5.97 Å². The first-order valence-corrected chi connectivity index (χ1v) is 8.62. The topological polar surface area (TPSA) is 95.5 Å². The molecular formula is C16H18N2O4S. The first-order valence-electron chi connectivity index (χ1n) is 7.63. The van der Waals surface area contributed by atoms with Crippen LogP contribution in [0.1, 0.15) is 36.0 Å². The Kier molecular flexibility index (Phi) is 4.56. The number of carboxylic acids is 1. The zero-order valence-electron chi connectivity index (χ0n) is 12.5. The number of fused-ring (bicyclic) bond motifs is 1. The Bertz CT molecular complexity index is 653. The van der Waals surface area contributed by atoms with E-state index in [4.69, 9.17) is 5.11 Å². The minimum Gasteiger partial charge on any atom is -0.481 e. The van der Waals surface area contributed by atoms with E-state index in [-0.39, 0.29) is 23.8 Å². The summed E-state index contributed by atoms with van der Waals surface area (Å²) < 4.78 is 0. The fourth-order valence-electron chi connectivity index (χ4n) is 2.98. The second-order valence-electron chi connectivity index (χ2n) is 5.91. The standard InChI is InChI=1S/C16H18N2O4S/c19-14-8-23-13-6-3-10(7-12(13)18-14)15(20)17-11-4-1-9(2-5-11)16(21)22/h3,6-7,9,11H,1-2,4-5,8H2,(H,17,20)(H,18,19)(H,21,22). The molecule has 0 radical (unpaired) electrons. The molecule has 23 heavy (non-hydrogen) atoms. The number of carbonyl (C=O) groups excluding carboxylic acids is 2. The van der Waals surface area contributed by atoms with Crippen LogP contribution in [0.2, 0.25) is 0 Å².